The topological polar surface area (TPSA) is 78.5 Å². The molecule has 1 aromatic rings. The van der Waals surface area contributed by atoms with Gasteiger partial charge in [-0.3, -0.25) is 14.5 Å². The lowest BCUT2D eigenvalue weighted by Gasteiger charge is -2.43. The third-order valence-electron chi connectivity index (χ3n) is 4.69. The van der Waals surface area contributed by atoms with Crippen LogP contribution in [0.4, 0.5) is 4.79 Å². The molecule has 1 saturated carbocycles. The fraction of sp³-hybridized carbons (Fsp3) is 0.471. The van der Waals surface area contributed by atoms with Crippen LogP contribution in [-0.4, -0.2) is 35.8 Å². The lowest BCUT2D eigenvalue weighted by Crippen LogP contribution is -2.50. The molecule has 3 rings (SSSR count). The number of nitrogens with one attached hydrogen (secondary N) is 2. The van der Waals surface area contributed by atoms with E-state index in [0.717, 1.165) is 29.3 Å². The van der Waals surface area contributed by atoms with Gasteiger partial charge in [0.25, 0.3) is 0 Å². The molecule has 1 heterocycles. The summed E-state index contributed by atoms with van der Waals surface area (Å²) in [5, 5.41) is 5.63. The van der Waals surface area contributed by atoms with E-state index in [-0.39, 0.29) is 36.5 Å². The summed E-state index contributed by atoms with van der Waals surface area (Å²) in [6.07, 6.45) is 3.73. The lowest BCUT2D eigenvalue weighted by atomic mass is 9.71. The Kier molecular flexibility index (Phi) is 4.89. The molecule has 0 atom stereocenters. The van der Waals surface area contributed by atoms with E-state index in [1.54, 1.807) is 0 Å². The Morgan fingerprint density at radius 2 is 2.12 bits per heavy atom. The first-order chi connectivity index (χ1) is 11.5. The average molecular weight is 394 g/mol. The second-order valence-corrected chi connectivity index (χ2v) is 7.22. The highest BCUT2D eigenvalue weighted by molar-refractivity contribution is 9.10. The van der Waals surface area contributed by atoms with Crippen LogP contribution in [0.25, 0.3) is 0 Å². The van der Waals surface area contributed by atoms with Crippen molar-refractivity contribution in [2.24, 2.45) is 0 Å². The molecule has 128 valence electrons. The summed E-state index contributed by atoms with van der Waals surface area (Å²) < 4.78 is 0.999. The number of amides is 4. The number of hydrogen-bond donors (Lipinski definition) is 2. The van der Waals surface area contributed by atoms with Crippen LogP contribution >= 0.6 is 15.9 Å². The van der Waals surface area contributed by atoms with Gasteiger partial charge in [0.1, 0.15) is 0 Å². The molecule has 1 aromatic carbocycles. The number of imide groups is 1. The molecule has 0 unspecified atom stereocenters. The van der Waals surface area contributed by atoms with E-state index in [9.17, 15) is 14.4 Å². The highest BCUT2D eigenvalue weighted by Crippen LogP contribution is 2.42. The van der Waals surface area contributed by atoms with E-state index < -0.39 is 0 Å². The van der Waals surface area contributed by atoms with Crippen LogP contribution in [0.1, 0.15) is 37.7 Å². The van der Waals surface area contributed by atoms with E-state index in [0.29, 0.717) is 12.8 Å². The third-order valence-corrected chi connectivity index (χ3v) is 5.18. The zero-order valence-corrected chi connectivity index (χ0v) is 14.9. The van der Waals surface area contributed by atoms with Crippen molar-refractivity contribution in [3.63, 3.8) is 0 Å². The maximum Gasteiger partial charge on any atom is 0.324 e. The van der Waals surface area contributed by atoms with Crippen molar-refractivity contribution in [1.29, 1.82) is 0 Å². The van der Waals surface area contributed by atoms with Gasteiger partial charge in [0.05, 0.1) is 12.1 Å². The molecule has 4 amide bonds. The molecular weight excluding hydrogens is 374 g/mol. The normalized spacial score (nSPS) is 19.0. The Bertz CT molecular complexity index is 657. The number of halogens is 1. The molecule has 7 heteroatoms. The maximum atomic E-state index is 12.3. The summed E-state index contributed by atoms with van der Waals surface area (Å²) in [4.78, 5) is 36.4. The zero-order valence-electron chi connectivity index (χ0n) is 13.3. The number of carbonyl (C=O) groups excluding carboxylic acids is 3. The van der Waals surface area contributed by atoms with E-state index >= 15 is 0 Å². The van der Waals surface area contributed by atoms with Gasteiger partial charge in [0.2, 0.25) is 11.8 Å². The molecule has 1 aliphatic carbocycles. The van der Waals surface area contributed by atoms with Crippen molar-refractivity contribution < 1.29 is 14.4 Å². The van der Waals surface area contributed by atoms with E-state index in [2.05, 4.69) is 26.6 Å². The van der Waals surface area contributed by atoms with E-state index in [1.807, 2.05) is 24.3 Å². The van der Waals surface area contributed by atoms with Gasteiger partial charge in [0.15, 0.2) is 0 Å². The van der Waals surface area contributed by atoms with Crippen LogP contribution in [0.15, 0.2) is 28.7 Å². The highest BCUT2D eigenvalue weighted by atomic mass is 79.9. The van der Waals surface area contributed by atoms with Crippen molar-refractivity contribution in [3.05, 3.63) is 34.3 Å². The lowest BCUT2D eigenvalue weighted by molar-refractivity contribution is -0.127. The minimum Gasteiger partial charge on any atom is -0.347 e. The van der Waals surface area contributed by atoms with Gasteiger partial charge in [-0.2, -0.15) is 0 Å². The first kappa shape index (κ1) is 17.0. The summed E-state index contributed by atoms with van der Waals surface area (Å²) in [5.74, 6) is -0.272. The maximum absolute atomic E-state index is 12.3. The largest absolute Gasteiger partial charge is 0.347 e. The first-order valence-electron chi connectivity index (χ1n) is 8.15. The molecule has 0 radical (unpaired) electrons. The number of carbonyl (C=O) groups is 3. The fourth-order valence-electron chi connectivity index (χ4n) is 3.21. The van der Waals surface area contributed by atoms with E-state index in [1.165, 1.54) is 4.90 Å². The Balaban J connectivity index is 1.54. The molecule has 2 fully saturated rings. The van der Waals surface area contributed by atoms with Crippen LogP contribution in [-0.2, 0) is 15.1 Å². The molecule has 2 N–H and O–H groups in total. The smallest absolute Gasteiger partial charge is 0.324 e. The van der Waals surface area contributed by atoms with Crippen LogP contribution in [0, 0.1) is 0 Å². The first-order valence-corrected chi connectivity index (χ1v) is 8.95. The molecule has 1 saturated heterocycles. The van der Waals surface area contributed by atoms with Crippen LogP contribution in [0.2, 0.25) is 0 Å². The van der Waals surface area contributed by atoms with Gasteiger partial charge in [0, 0.05) is 17.4 Å². The number of rotatable bonds is 6. The summed E-state index contributed by atoms with van der Waals surface area (Å²) in [7, 11) is 0. The molecule has 1 aliphatic heterocycles. The van der Waals surface area contributed by atoms with E-state index in [4.69, 9.17) is 0 Å². The predicted molar refractivity (Wildman–Crippen MR) is 92.2 cm³/mol. The second-order valence-electron chi connectivity index (χ2n) is 6.30. The van der Waals surface area contributed by atoms with Crippen molar-refractivity contribution in [2.45, 2.75) is 37.6 Å². The van der Waals surface area contributed by atoms with Gasteiger partial charge >= 0.3 is 6.03 Å². The quantitative estimate of drug-likeness (QED) is 0.727. The number of benzene rings is 1. The van der Waals surface area contributed by atoms with Gasteiger partial charge in [-0.1, -0.05) is 28.1 Å². The van der Waals surface area contributed by atoms with Crippen LogP contribution in [0.3, 0.4) is 0 Å². The Morgan fingerprint density at radius 3 is 2.71 bits per heavy atom. The highest BCUT2D eigenvalue weighted by Gasteiger charge is 2.40. The SMILES string of the molecule is O=C(CCCN1C(=O)CNC1=O)NC1(c2cccc(Br)c2)CCC1. The molecule has 6 nitrogen and oxygen atoms in total. The summed E-state index contributed by atoms with van der Waals surface area (Å²) >= 11 is 3.48. The second kappa shape index (κ2) is 6.93. The third kappa shape index (κ3) is 3.45. The number of hydrogen-bond acceptors (Lipinski definition) is 3. The van der Waals surface area contributed by atoms with Gasteiger partial charge in [-0.15, -0.1) is 0 Å². The molecular formula is C17H20BrN3O3. The monoisotopic (exact) mass is 393 g/mol. The Labute approximate surface area is 149 Å². The zero-order chi connectivity index (χ0) is 17.2. The van der Waals surface area contributed by atoms with Crippen LogP contribution in [0.5, 0.6) is 0 Å². The van der Waals surface area contributed by atoms with Crippen molar-refractivity contribution in [2.75, 3.05) is 13.1 Å². The fourth-order valence-corrected chi connectivity index (χ4v) is 3.61. The van der Waals surface area contributed by atoms with Gasteiger partial charge in [-0.25, -0.2) is 4.79 Å². The van der Waals surface area contributed by atoms with Crippen molar-refractivity contribution >= 4 is 33.8 Å². The number of nitrogens with zero attached hydrogens (tertiary/aromatic N) is 1. The summed E-state index contributed by atoms with van der Waals surface area (Å²) in [5.41, 5.74) is 0.840. The molecule has 0 aromatic heterocycles. The average Bonchev–Trinajstić information content (AvgIpc) is 2.83. The Hall–Kier alpha value is -1.89. The molecule has 0 spiro atoms. The predicted octanol–water partition coefficient (Wildman–Crippen LogP) is 2.28. The van der Waals surface area contributed by atoms with Gasteiger partial charge in [-0.05, 0) is 43.4 Å². The molecule has 0 bridgehead atoms. The minimum atomic E-state index is -0.370. The molecule has 2 aliphatic rings. The van der Waals surface area contributed by atoms with Crippen molar-refractivity contribution in [3.8, 4) is 0 Å². The Morgan fingerprint density at radius 1 is 1.33 bits per heavy atom. The van der Waals surface area contributed by atoms with Gasteiger partial charge < -0.3 is 10.6 Å². The van der Waals surface area contributed by atoms with Crippen LogP contribution < -0.4 is 10.6 Å². The standard InChI is InChI=1S/C17H20BrN3O3/c18-13-5-1-4-12(10-13)17(7-3-8-17)20-14(22)6-2-9-21-15(23)11-19-16(21)24/h1,4-5,10H,2-3,6-9,11H2,(H,19,24)(H,20,22). The number of urea groups is 1. The summed E-state index contributed by atoms with van der Waals surface area (Å²) in [6, 6.07) is 7.66. The minimum absolute atomic E-state index is 0.0401. The van der Waals surface area contributed by atoms with Crippen molar-refractivity contribution in [1.82, 2.24) is 15.5 Å². The molecule has 24 heavy (non-hydrogen) atoms. The summed E-state index contributed by atoms with van der Waals surface area (Å²) in [6.45, 7) is 0.332.